The number of hydrogen-bond acceptors (Lipinski definition) is 7. The summed E-state index contributed by atoms with van der Waals surface area (Å²) in [6.45, 7) is 3.81. The van der Waals surface area contributed by atoms with Gasteiger partial charge in [0, 0.05) is 30.1 Å². The van der Waals surface area contributed by atoms with E-state index in [1.807, 2.05) is 0 Å². The minimum Gasteiger partial charge on any atom is -0.479 e. The quantitative estimate of drug-likeness (QED) is 0.567. The Labute approximate surface area is 200 Å². The molecule has 1 aromatic heterocycles. The van der Waals surface area contributed by atoms with E-state index in [1.54, 1.807) is 47.5 Å². The second-order valence-electron chi connectivity index (χ2n) is 8.17. The van der Waals surface area contributed by atoms with Crippen LogP contribution >= 0.6 is 11.3 Å². The highest BCUT2D eigenvalue weighted by molar-refractivity contribution is 7.93. The lowest BCUT2D eigenvalue weighted by Crippen LogP contribution is -2.34. The number of hydrogen-bond donors (Lipinski definition) is 2. The Kier molecular flexibility index (Phi) is 5.53. The van der Waals surface area contributed by atoms with Gasteiger partial charge in [-0.15, -0.1) is 11.3 Å². The first-order valence-corrected chi connectivity index (χ1v) is 13.1. The van der Waals surface area contributed by atoms with Gasteiger partial charge in [-0.1, -0.05) is 0 Å². The molecule has 34 heavy (non-hydrogen) atoms. The maximum Gasteiger partial charge on any atom is 0.265 e. The van der Waals surface area contributed by atoms with Gasteiger partial charge in [-0.05, 0) is 61.7 Å². The maximum absolute atomic E-state index is 13.0. The third-order valence-electron chi connectivity index (χ3n) is 5.79. The van der Waals surface area contributed by atoms with Crippen LogP contribution in [0.25, 0.3) is 11.3 Å². The Bertz CT molecular complexity index is 1420. The molecule has 1 unspecified atom stereocenters. The van der Waals surface area contributed by atoms with Gasteiger partial charge in [0.15, 0.2) is 11.2 Å². The third-order valence-corrected chi connectivity index (χ3v) is 8.02. The summed E-state index contributed by atoms with van der Waals surface area (Å²) in [6, 6.07) is 10.1. The number of aryl methyl sites for hydroxylation is 1. The number of rotatable bonds is 4. The number of nitrogens with one attached hydrogen (secondary N) is 2. The highest BCUT2D eigenvalue weighted by atomic mass is 32.2. The van der Waals surface area contributed by atoms with Crippen molar-refractivity contribution in [2.45, 2.75) is 37.7 Å². The summed E-state index contributed by atoms with van der Waals surface area (Å²) in [5, 5.41) is 4.76. The Hall–Kier alpha value is -3.44. The van der Waals surface area contributed by atoms with Crippen LogP contribution in [0, 0.1) is 0 Å². The van der Waals surface area contributed by atoms with Gasteiger partial charge in [-0.3, -0.25) is 14.3 Å². The van der Waals surface area contributed by atoms with E-state index in [-0.39, 0.29) is 21.8 Å². The molecule has 11 heteroatoms. The number of carbonyl (C=O) groups excluding carboxylic acids is 2. The molecule has 176 valence electrons. The predicted molar refractivity (Wildman–Crippen MR) is 130 cm³/mol. The normalized spacial score (nSPS) is 17.3. The zero-order valence-electron chi connectivity index (χ0n) is 18.5. The van der Waals surface area contributed by atoms with E-state index in [2.05, 4.69) is 15.0 Å². The molecular formula is C23H22N4O5S2. The average Bonchev–Trinajstić information content (AvgIpc) is 3.26. The van der Waals surface area contributed by atoms with Crippen LogP contribution in [0.2, 0.25) is 0 Å². The van der Waals surface area contributed by atoms with Gasteiger partial charge in [-0.25, -0.2) is 13.4 Å². The van der Waals surface area contributed by atoms with E-state index in [1.165, 1.54) is 13.0 Å². The molecule has 0 aliphatic carbocycles. The van der Waals surface area contributed by atoms with Crippen LogP contribution in [-0.4, -0.2) is 37.9 Å². The lowest BCUT2D eigenvalue weighted by Gasteiger charge is -2.28. The Morgan fingerprint density at radius 1 is 1.26 bits per heavy atom. The molecule has 2 aliphatic heterocycles. The minimum absolute atomic E-state index is 0.0622. The summed E-state index contributed by atoms with van der Waals surface area (Å²) in [6.07, 6.45) is 0.930. The number of aromatic nitrogens is 1. The van der Waals surface area contributed by atoms with Crippen molar-refractivity contribution in [3.8, 4) is 17.0 Å². The minimum atomic E-state index is -3.86. The second-order valence-corrected chi connectivity index (χ2v) is 10.7. The first-order valence-electron chi connectivity index (χ1n) is 10.7. The van der Waals surface area contributed by atoms with Gasteiger partial charge < -0.3 is 15.0 Å². The van der Waals surface area contributed by atoms with Crippen molar-refractivity contribution in [2.75, 3.05) is 21.5 Å². The van der Waals surface area contributed by atoms with Gasteiger partial charge in [0.05, 0.1) is 16.3 Å². The SMILES string of the molecule is CC(=O)N1CCCc2cc(S(=O)(=O)Nc3nc(-c4ccc5c(c4)NC(=O)C(C)O5)cs3)ccc21. The molecule has 0 bridgehead atoms. The molecule has 5 rings (SSSR count). The molecule has 0 saturated carbocycles. The number of fused-ring (bicyclic) bond motifs is 2. The van der Waals surface area contributed by atoms with Crippen LogP contribution in [0.15, 0.2) is 46.7 Å². The van der Waals surface area contributed by atoms with Crippen LogP contribution in [0.4, 0.5) is 16.5 Å². The summed E-state index contributed by atoms with van der Waals surface area (Å²) in [5.41, 5.74) is 3.42. The fourth-order valence-electron chi connectivity index (χ4n) is 4.06. The molecule has 3 heterocycles. The van der Waals surface area contributed by atoms with Crippen LogP contribution in [-0.2, 0) is 26.0 Å². The fourth-order valence-corrected chi connectivity index (χ4v) is 6.09. The largest absolute Gasteiger partial charge is 0.479 e. The van der Waals surface area contributed by atoms with Gasteiger partial charge in [0.1, 0.15) is 5.75 Å². The first-order chi connectivity index (χ1) is 16.2. The summed E-state index contributed by atoms with van der Waals surface area (Å²) in [7, 11) is -3.86. The topological polar surface area (TPSA) is 118 Å². The number of sulfonamides is 1. The van der Waals surface area contributed by atoms with Crippen molar-refractivity contribution >= 4 is 49.7 Å². The molecule has 2 aliphatic rings. The number of ether oxygens (including phenoxy) is 1. The second kappa shape index (κ2) is 8.41. The Morgan fingerprint density at radius 2 is 2.09 bits per heavy atom. The molecule has 2 aromatic carbocycles. The van der Waals surface area contributed by atoms with Crippen LogP contribution < -0.4 is 19.7 Å². The highest BCUT2D eigenvalue weighted by Gasteiger charge is 2.25. The van der Waals surface area contributed by atoms with Crippen molar-refractivity contribution in [1.29, 1.82) is 0 Å². The van der Waals surface area contributed by atoms with Crippen LogP contribution in [0.5, 0.6) is 5.75 Å². The van der Waals surface area contributed by atoms with Crippen molar-refractivity contribution in [3.63, 3.8) is 0 Å². The van der Waals surface area contributed by atoms with Crippen LogP contribution in [0.1, 0.15) is 25.8 Å². The number of benzene rings is 2. The molecule has 0 radical (unpaired) electrons. The van der Waals surface area contributed by atoms with Crippen LogP contribution in [0.3, 0.4) is 0 Å². The van der Waals surface area contributed by atoms with Gasteiger partial charge in [0.25, 0.3) is 15.9 Å². The summed E-state index contributed by atoms with van der Waals surface area (Å²) in [4.78, 5) is 30.0. The van der Waals surface area contributed by atoms with E-state index in [0.717, 1.165) is 34.6 Å². The number of nitrogens with zero attached hydrogens (tertiary/aromatic N) is 2. The zero-order chi connectivity index (χ0) is 24.0. The molecule has 2 amide bonds. The number of amides is 2. The van der Waals surface area contributed by atoms with Gasteiger partial charge >= 0.3 is 0 Å². The average molecular weight is 499 g/mol. The van der Waals surface area contributed by atoms with E-state index < -0.39 is 16.1 Å². The lowest BCUT2D eigenvalue weighted by atomic mass is 10.0. The van der Waals surface area contributed by atoms with Crippen molar-refractivity contribution in [2.24, 2.45) is 0 Å². The summed E-state index contributed by atoms with van der Waals surface area (Å²) >= 11 is 1.16. The summed E-state index contributed by atoms with van der Waals surface area (Å²) in [5.74, 6) is 0.281. The molecule has 9 nitrogen and oxygen atoms in total. The lowest BCUT2D eigenvalue weighted by molar-refractivity contribution is -0.122. The molecule has 0 fully saturated rings. The first kappa shape index (κ1) is 22.4. The smallest absolute Gasteiger partial charge is 0.265 e. The standard InChI is InChI=1S/C23H22N4O5S2/c1-13-22(29)24-18-11-15(5-8-21(18)32-13)19-12-33-23(25-19)26-34(30,31)17-6-7-20-16(10-17)4-3-9-27(20)14(2)28/h5-8,10-13H,3-4,9H2,1-2H3,(H,24,29)(H,25,26). The monoisotopic (exact) mass is 498 g/mol. The van der Waals surface area contributed by atoms with E-state index in [0.29, 0.717) is 30.1 Å². The van der Waals surface area contributed by atoms with Crippen molar-refractivity contribution < 1.29 is 22.7 Å². The number of anilines is 3. The molecule has 3 aromatic rings. The van der Waals surface area contributed by atoms with Crippen molar-refractivity contribution in [1.82, 2.24) is 4.98 Å². The number of carbonyl (C=O) groups is 2. The van der Waals surface area contributed by atoms with E-state index >= 15 is 0 Å². The Morgan fingerprint density at radius 3 is 2.88 bits per heavy atom. The zero-order valence-corrected chi connectivity index (χ0v) is 20.1. The van der Waals surface area contributed by atoms with Crippen molar-refractivity contribution in [3.05, 3.63) is 47.3 Å². The van der Waals surface area contributed by atoms with E-state index in [4.69, 9.17) is 4.74 Å². The molecule has 0 saturated heterocycles. The van der Waals surface area contributed by atoms with E-state index in [9.17, 15) is 18.0 Å². The number of thiazole rings is 1. The molecule has 1 atom stereocenters. The summed E-state index contributed by atoms with van der Waals surface area (Å²) < 4.78 is 34.2. The fraction of sp³-hybridized carbons (Fsp3) is 0.261. The van der Waals surface area contributed by atoms with Gasteiger partial charge in [-0.2, -0.15) is 0 Å². The van der Waals surface area contributed by atoms with Gasteiger partial charge in [0.2, 0.25) is 5.91 Å². The molecule has 2 N–H and O–H groups in total. The third kappa shape index (κ3) is 4.12. The Balaban J connectivity index is 1.37. The predicted octanol–water partition coefficient (Wildman–Crippen LogP) is 3.63. The maximum atomic E-state index is 13.0. The molecular weight excluding hydrogens is 476 g/mol. The molecule has 0 spiro atoms. The highest BCUT2D eigenvalue weighted by Crippen LogP contribution is 2.35.